The van der Waals surface area contributed by atoms with Crippen LogP contribution in [0.1, 0.15) is 25.8 Å². The molecule has 0 spiro atoms. The lowest BCUT2D eigenvalue weighted by atomic mass is 10.2. The van der Waals surface area contributed by atoms with Gasteiger partial charge in [0.25, 0.3) is 0 Å². The van der Waals surface area contributed by atoms with Crippen LogP contribution in [0.2, 0.25) is 0 Å². The summed E-state index contributed by atoms with van der Waals surface area (Å²) in [5, 5.41) is 3.31. The highest BCUT2D eigenvalue weighted by atomic mass is 32.2. The van der Waals surface area contributed by atoms with Gasteiger partial charge in [-0.2, -0.15) is 0 Å². The van der Waals surface area contributed by atoms with Crippen LogP contribution in [-0.2, 0) is 14.6 Å². The van der Waals surface area contributed by atoms with Gasteiger partial charge in [-0.1, -0.05) is 35.9 Å². The largest absolute Gasteiger partial charge is 0.356 e. The Morgan fingerprint density at radius 2 is 1.45 bits per heavy atom. The lowest BCUT2D eigenvalue weighted by Gasteiger charge is -2.27. The van der Waals surface area contributed by atoms with E-state index in [-0.39, 0.29) is 29.0 Å². The zero-order valence-electron chi connectivity index (χ0n) is 18.1. The zero-order chi connectivity index (χ0) is 22.4. The Bertz CT molecular complexity index is 1110. The normalized spacial score (nSPS) is 11.4. The van der Waals surface area contributed by atoms with Gasteiger partial charge in [0, 0.05) is 29.5 Å². The summed E-state index contributed by atoms with van der Waals surface area (Å²) in [7, 11) is -3.51. The number of carbonyl (C=O) groups excluding carboxylic acids is 1. The molecule has 0 heterocycles. The maximum absolute atomic E-state index is 12.9. The first-order chi connectivity index (χ1) is 14.8. The summed E-state index contributed by atoms with van der Waals surface area (Å²) in [6.45, 7) is 5.74. The molecule has 31 heavy (non-hydrogen) atoms. The summed E-state index contributed by atoms with van der Waals surface area (Å²) in [6.07, 6.45) is -0.0710. The van der Waals surface area contributed by atoms with Crippen molar-refractivity contribution in [3.05, 3.63) is 84.4 Å². The van der Waals surface area contributed by atoms with Crippen LogP contribution >= 0.6 is 0 Å². The number of sulfone groups is 1. The molecule has 0 saturated carbocycles. The van der Waals surface area contributed by atoms with Crippen molar-refractivity contribution in [2.24, 2.45) is 0 Å². The maximum atomic E-state index is 12.9. The molecule has 0 aliphatic heterocycles. The number of rotatable bonds is 8. The highest BCUT2D eigenvalue weighted by Crippen LogP contribution is 2.24. The highest BCUT2D eigenvalue weighted by molar-refractivity contribution is 7.91. The van der Waals surface area contributed by atoms with Gasteiger partial charge in [-0.25, -0.2) is 8.42 Å². The first-order valence-corrected chi connectivity index (χ1v) is 11.9. The van der Waals surface area contributed by atoms with Crippen LogP contribution in [0.5, 0.6) is 0 Å². The SMILES string of the molecule is Cc1ccc(S(=O)(=O)CCC(=O)N(c2ccc(Nc3ccccc3)cc2)C(C)C)cc1. The molecule has 3 aromatic rings. The Morgan fingerprint density at radius 1 is 0.871 bits per heavy atom. The summed E-state index contributed by atoms with van der Waals surface area (Å²) in [5.74, 6) is -0.430. The number of anilines is 3. The Balaban J connectivity index is 1.69. The third-order valence-electron chi connectivity index (χ3n) is 4.96. The van der Waals surface area contributed by atoms with Crippen LogP contribution in [-0.4, -0.2) is 26.1 Å². The second-order valence-corrected chi connectivity index (χ2v) is 9.89. The number of amides is 1. The van der Waals surface area contributed by atoms with E-state index in [1.54, 1.807) is 29.2 Å². The number of para-hydroxylation sites is 1. The lowest BCUT2D eigenvalue weighted by Crippen LogP contribution is -2.37. The van der Waals surface area contributed by atoms with Gasteiger partial charge < -0.3 is 10.2 Å². The summed E-state index contributed by atoms with van der Waals surface area (Å²) in [6, 6.07) is 24.0. The third-order valence-corrected chi connectivity index (χ3v) is 6.69. The van der Waals surface area contributed by atoms with Crippen LogP contribution < -0.4 is 10.2 Å². The second kappa shape index (κ2) is 9.79. The van der Waals surface area contributed by atoms with E-state index >= 15 is 0 Å². The number of benzene rings is 3. The standard InChI is InChI=1S/C25H28N2O3S/c1-19(2)27(23-13-11-22(12-14-23)26-21-7-5-4-6-8-21)25(28)17-18-31(29,30)24-15-9-20(3)10-16-24/h4-16,19,26H,17-18H2,1-3H3. The summed E-state index contributed by atoms with van der Waals surface area (Å²) < 4.78 is 25.2. The summed E-state index contributed by atoms with van der Waals surface area (Å²) in [5.41, 5.74) is 3.62. The number of nitrogens with one attached hydrogen (secondary N) is 1. The topological polar surface area (TPSA) is 66.5 Å². The van der Waals surface area contributed by atoms with E-state index in [0.717, 1.165) is 22.6 Å². The van der Waals surface area contributed by atoms with E-state index in [1.165, 1.54) is 0 Å². The Morgan fingerprint density at radius 3 is 2.03 bits per heavy atom. The molecule has 162 valence electrons. The Labute approximate surface area is 184 Å². The fourth-order valence-electron chi connectivity index (χ4n) is 3.33. The third kappa shape index (κ3) is 5.95. The lowest BCUT2D eigenvalue weighted by molar-refractivity contribution is -0.118. The minimum atomic E-state index is -3.51. The average Bonchev–Trinajstić information content (AvgIpc) is 2.74. The van der Waals surface area contributed by atoms with Crippen molar-refractivity contribution in [1.82, 2.24) is 0 Å². The van der Waals surface area contributed by atoms with Crippen LogP contribution in [0.25, 0.3) is 0 Å². The fraction of sp³-hybridized carbons (Fsp3) is 0.240. The molecule has 0 aliphatic rings. The molecule has 0 aliphatic carbocycles. The molecule has 0 radical (unpaired) electrons. The van der Waals surface area contributed by atoms with E-state index in [1.807, 2.05) is 75.4 Å². The van der Waals surface area contributed by atoms with Crippen molar-refractivity contribution in [2.45, 2.75) is 38.1 Å². The van der Waals surface area contributed by atoms with Gasteiger partial charge in [0.1, 0.15) is 0 Å². The van der Waals surface area contributed by atoms with Gasteiger partial charge >= 0.3 is 0 Å². The monoisotopic (exact) mass is 436 g/mol. The molecule has 0 bridgehead atoms. The number of hydrogen-bond donors (Lipinski definition) is 1. The van der Waals surface area contributed by atoms with E-state index in [0.29, 0.717) is 0 Å². The van der Waals surface area contributed by atoms with Crippen LogP contribution in [0, 0.1) is 6.92 Å². The summed E-state index contributed by atoms with van der Waals surface area (Å²) in [4.78, 5) is 14.8. The molecule has 0 fully saturated rings. The van der Waals surface area contributed by atoms with Gasteiger partial charge in [0.05, 0.1) is 10.6 Å². The molecule has 3 aromatic carbocycles. The van der Waals surface area contributed by atoms with Crippen molar-refractivity contribution in [3.63, 3.8) is 0 Å². The van der Waals surface area contributed by atoms with Crippen molar-refractivity contribution < 1.29 is 13.2 Å². The summed E-state index contributed by atoms with van der Waals surface area (Å²) >= 11 is 0. The smallest absolute Gasteiger partial charge is 0.228 e. The molecule has 3 rings (SSSR count). The minimum Gasteiger partial charge on any atom is -0.356 e. The van der Waals surface area contributed by atoms with E-state index in [9.17, 15) is 13.2 Å². The quantitative estimate of drug-likeness (QED) is 0.517. The maximum Gasteiger partial charge on any atom is 0.228 e. The molecule has 5 nitrogen and oxygen atoms in total. The number of aryl methyl sites for hydroxylation is 1. The number of nitrogens with zero attached hydrogens (tertiary/aromatic N) is 1. The van der Waals surface area contributed by atoms with Gasteiger partial charge in [-0.3, -0.25) is 4.79 Å². The second-order valence-electron chi connectivity index (χ2n) is 7.78. The molecular weight excluding hydrogens is 408 g/mol. The first-order valence-electron chi connectivity index (χ1n) is 10.3. The van der Waals surface area contributed by atoms with Crippen LogP contribution in [0.4, 0.5) is 17.1 Å². The Hall–Kier alpha value is -3.12. The van der Waals surface area contributed by atoms with E-state index in [4.69, 9.17) is 0 Å². The predicted octanol–water partition coefficient (Wildman–Crippen LogP) is 5.34. The highest BCUT2D eigenvalue weighted by Gasteiger charge is 2.22. The van der Waals surface area contributed by atoms with Crippen LogP contribution in [0.3, 0.4) is 0 Å². The van der Waals surface area contributed by atoms with E-state index in [2.05, 4.69) is 5.32 Å². The Kier molecular flexibility index (Phi) is 7.13. The molecule has 1 amide bonds. The fourth-order valence-corrected chi connectivity index (χ4v) is 4.56. The minimum absolute atomic E-state index is 0.0710. The van der Waals surface area contributed by atoms with Crippen molar-refractivity contribution in [3.8, 4) is 0 Å². The van der Waals surface area contributed by atoms with Crippen LogP contribution in [0.15, 0.2) is 83.8 Å². The number of hydrogen-bond acceptors (Lipinski definition) is 4. The van der Waals surface area contributed by atoms with Gasteiger partial charge in [-0.05, 0) is 69.3 Å². The van der Waals surface area contributed by atoms with Gasteiger partial charge in [-0.15, -0.1) is 0 Å². The van der Waals surface area contributed by atoms with Gasteiger partial charge in [0.2, 0.25) is 5.91 Å². The predicted molar refractivity (Wildman–Crippen MR) is 127 cm³/mol. The van der Waals surface area contributed by atoms with E-state index < -0.39 is 9.84 Å². The van der Waals surface area contributed by atoms with Gasteiger partial charge in [0.15, 0.2) is 9.84 Å². The molecule has 0 saturated heterocycles. The number of carbonyl (C=O) groups is 1. The molecule has 0 atom stereocenters. The zero-order valence-corrected chi connectivity index (χ0v) is 18.9. The van der Waals surface area contributed by atoms with Crippen molar-refractivity contribution in [2.75, 3.05) is 16.0 Å². The molecular formula is C25H28N2O3S. The molecule has 0 aromatic heterocycles. The first kappa shape index (κ1) is 22.6. The van der Waals surface area contributed by atoms with Crippen molar-refractivity contribution >= 4 is 32.8 Å². The van der Waals surface area contributed by atoms with Crippen molar-refractivity contribution in [1.29, 1.82) is 0 Å². The molecule has 0 unspecified atom stereocenters. The molecule has 1 N–H and O–H groups in total. The average molecular weight is 437 g/mol. The molecule has 6 heteroatoms.